The second kappa shape index (κ2) is 8.75. The minimum atomic E-state index is -3.66. The van der Waals surface area contributed by atoms with E-state index < -0.39 is 10.1 Å². The van der Waals surface area contributed by atoms with Crippen LogP contribution >= 0.6 is 0 Å². The molecule has 1 aliphatic carbocycles. The van der Waals surface area contributed by atoms with Crippen LogP contribution in [0, 0.1) is 11.8 Å². The van der Waals surface area contributed by atoms with E-state index in [0.717, 1.165) is 37.5 Å². The molecular weight excluding hydrogens is 354 g/mol. The first kappa shape index (κ1) is 20.6. The summed E-state index contributed by atoms with van der Waals surface area (Å²) in [6, 6.07) is 5.14. The first-order valence-electron chi connectivity index (χ1n) is 9.04. The van der Waals surface area contributed by atoms with Crippen LogP contribution in [0.3, 0.4) is 0 Å². The minimum absolute atomic E-state index is 0.110. The summed E-state index contributed by atoms with van der Waals surface area (Å²) in [4.78, 5) is 14.8. The quantitative estimate of drug-likeness (QED) is 0.645. The van der Waals surface area contributed by atoms with Crippen molar-refractivity contribution in [3.8, 4) is 11.5 Å². The molecule has 0 unspecified atom stereocenters. The Bertz CT molecular complexity index is 723. The van der Waals surface area contributed by atoms with Crippen LogP contribution in [0.2, 0.25) is 0 Å². The first-order valence-corrected chi connectivity index (χ1v) is 10.9. The normalized spacial score (nSPS) is 15.3. The zero-order valence-electron chi connectivity index (χ0n) is 16.0. The molecule has 1 aliphatic rings. The smallest absolute Gasteiger partial charge is 0.306 e. The van der Waals surface area contributed by atoms with Crippen molar-refractivity contribution in [3.63, 3.8) is 0 Å². The van der Waals surface area contributed by atoms with E-state index in [0.29, 0.717) is 24.8 Å². The molecule has 1 saturated carbocycles. The number of carbonyl (C=O) groups is 1. The zero-order valence-corrected chi connectivity index (χ0v) is 16.8. The molecule has 0 bridgehead atoms. The highest BCUT2D eigenvalue weighted by atomic mass is 32.2. The van der Waals surface area contributed by atoms with Gasteiger partial charge in [0.2, 0.25) is 5.91 Å². The predicted octanol–water partition coefficient (Wildman–Crippen LogP) is 3.21. The average molecular weight is 384 g/mol. The van der Waals surface area contributed by atoms with Crippen LogP contribution in [0.5, 0.6) is 11.5 Å². The standard InChI is InChI=1S/C19H29NO5S/c1-14(2)12-20(19(21)16-7-5-6-8-16)13-15-9-10-17(24-3)18(11-15)25-26(4,22)23/h9-11,14,16H,5-8,12-13H2,1-4H3. The summed E-state index contributed by atoms with van der Waals surface area (Å²) in [6.45, 7) is 5.27. The maximum atomic E-state index is 12.9. The Morgan fingerprint density at radius 2 is 1.88 bits per heavy atom. The molecule has 0 radical (unpaired) electrons. The van der Waals surface area contributed by atoms with Gasteiger partial charge in [-0.05, 0) is 36.5 Å². The second-order valence-electron chi connectivity index (χ2n) is 7.37. The van der Waals surface area contributed by atoms with Crippen molar-refractivity contribution in [1.29, 1.82) is 0 Å². The van der Waals surface area contributed by atoms with Gasteiger partial charge in [0.05, 0.1) is 13.4 Å². The summed E-state index contributed by atoms with van der Waals surface area (Å²) >= 11 is 0. The number of rotatable bonds is 8. The molecule has 1 fully saturated rings. The maximum Gasteiger partial charge on any atom is 0.306 e. The molecule has 26 heavy (non-hydrogen) atoms. The van der Waals surface area contributed by atoms with Crippen molar-refractivity contribution in [1.82, 2.24) is 4.90 Å². The van der Waals surface area contributed by atoms with E-state index in [-0.39, 0.29) is 17.6 Å². The Hall–Kier alpha value is -1.76. The molecule has 1 aromatic carbocycles. The first-order chi connectivity index (χ1) is 12.2. The lowest BCUT2D eigenvalue weighted by Crippen LogP contribution is -2.37. The molecule has 0 spiro atoms. The molecule has 1 amide bonds. The van der Waals surface area contributed by atoms with Crippen LogP contribution in [0.25, 0.3) is 0 Å². The van der Waals surface area contributed by atoms with Crippen LogP contribution < -0.4 is 8.92 Å². The molecule has 7 heteroatoms. The number of ether oxygens (including phenoxy) is 1. The van der Waals surface area contributed by atoms with Gasteiger partial charge < -0.3 is 13.8 Å². The highest BCUT2D eigenvalue weighted by Gasteiger charge is 2.28. The molecule has 1 aromatic rings. The minimum Gasteiger partial charge on any atom is -0.493 e. The fourth-order valence-electron chi connectivity index (χ4n) is 3.37. The largest absolute Gasteiger partial charge is 0.493 e. The molecular formula is C19H29NO5S. The number of benzene rings is 1. The van der Waals surface area contributed by atoms with Gasteiger partial charge in [0.1, 0.15) is 0 Å². The third kappa shape index (κ3) is 5.90. The van der Waals surface area contributed by atoms with Gasteiger partial charge in [-0.1, -0.05) is 32.8 Å². The lowest BCUT2D eigenvalue weighted by Gasteiger charge is -2.27. The number of hydrogen-bond acceptors (Lipinski definition) is 5. The molecule has 146 valence electrons. The van der Waals surface area contributed by atoms with Crippen molar-refractivity contribution < 1.29 is 22.1 Å². The summed E-state index contributed by atoms with van der Waals surface area (Å²) in [5, 5.41) is 0. The number of methoxy groups -OCH3 is 1. The van der Waals surface area contributed by atoms with E-state index in [4.69, 9.17) is 8.92 Å². The fraction of sp³-hybridized carbons (Fsp3) is 0.632. The Labute approximate surface area is 156 Å². The zero-order chi connectivity index (χ0) is 19.3. The van der Waals surface area contributed by atoms with Crippen molar-refractivity contribution in [2.45, 2.75) is 46.1 Å². The Morgan fingerprint density at radius 3 is 2.42 bits per heavy atom. The Balaban J connectivity index is 2.23. The van der Waals surface area contributed by atoms with E-state index in [1.165, 1.54) is 7.11 Å². The van der Waals surface area contributed by atoms with Gasteiger partial charge in [-0.15, -0.1) is 0 Å². The van der Waals surface area contributed by atoms with E-state index in [2.05, 4.69) is 13.8 Å². The monoisotopic (exact) mass is 383 g/mol. The highest BCUT2D eigenvalue weighted by Crippen LogP contribution is 2.31. The van der Waals surface area contributed by atoms with E-state index >= 15 is 0 Å². The number of carbonyl (C=O) groups excluding carboxylic acids is 1. The number of amides is 1. The summed E-state index contributed by atoms with van der Waals surface area (Å²) in [5.74, 6) is 1.14. The summed E-state index contributed by atoms with van der Waals surface area (Å²) in [5.41, 5.74) is 0.816. The molecule has 0 aromatic heterocycles. The van der Waals surface area contributed by atoms with Crippen molar-refractivity contribution in [2.75, 3.05) is 19.9 Å². The summed E-state index contributed by atoms with van der Waals surface area (Å²) < 4.78 is 33.2. The fourth-order valence-corrected chi connectivity index (χ4v) is 3.83. The Morgan fingerprint density at radius 1 is 1.23 bits per heavy atom. The topological polar surface area (TPSA) is 72.9 Å². The highest BCUT2D eigenvalue weighted by molar-refractivity contribution is 7.86. The van der Waals surface area contributed by atoms with Crippen LogP contribution in [0.15, 0.2) is 18.2 Å². The predicted molar refractivity (Wildman–Crippen MR) is 101 cm³/mol. The molecule has 0 saturated heterocycles. The van der Waals surface area contributed by atoms with Gasteiger partial charge in [-0.25, -0.2) is 0 Å². The van der Waals surface area contributed by atoms with Crippen molar-refractivity contribution >= 4 is 16.0 Å². The van der Waals surface area contributed by atoms with Crippen molar-refractivity contribution in [2.24, 2.45) is 11.8 Å². The van der Waals surface area contributed by atoms with E-state index in [1.807, 2.05) is 11.0 Å². The third-order valence-electron chi connectivity index (χ3n) is 4.44. The lowest BCUT2D eigenvalue weighted by atomic mass is 10.0. The molecule has 0 heterocycles. The molecule has 6 nitrogen and oxygen atoms in total. The van der Waals surface area contributed by atoms with E-state index in [1.54, 1.807) is 12.1 Å². The van der Waals surface area contributed by atoms with Gasteiger partial charge in [-0.2, -0.15) is 8.42 Å². The number of hydrogen-bond donors (Lipinski definition) is 0. The van der Waals surface area contributed by atoms with Gasteiger partial charge in [0.15, 0.2) is 11.5 Å². The SMILES string of the molecule is COc1ccc(CN(CC(C)C)C(=O)C2CCCC2)cc1OS(C)(=O)=O. The lowest BCUT2D eigenvalue weighted by molar-refractivity contribution is -0.136. The second-order valence-corrected chi connectivity index (χ2v) is 8.94. The van der Waals surface area contributed by atoms with Crippen LogP contribution in [-0.2, 0) is 21.5 Å². The maximum absolute atomic E-state index is 12.9. The molecule has 0 N–H and O–H groups in total. The van der Waals surface area contributed by atoms with Crippen LogP contribution in [0.4, 0.5) is 0 Å². The number of nitrogens with zero attached hydrogens (tertiary/aromatic N) is 1. The van der Waals surface area contributed by atoms with Gasteiger partial charge >= 0.3 is 10.1 Å². The molecule has 0 atom stereocenters. The van der Waals surface area contributed by atoms with Gasteiger partial charge in [-0.3, -0.25) is 4.79 Å². The van der Waals surface area contributed by atoms with Crippen LogP contribution in [-0.4, -0.2) is 39.1 Å². The average Bonchev–Trinajstić information content (AvgIpc) is 3.06. The van der Waals surface area contributed by atoms with E-state index in [9.17, 15) is 13.2 Å². The Kier molecular flexibility index (Phi) is 6.92. The van der Waals surface area contributed by atoms with Crippen molar-refractivity contribution in [3.05, 3.63) is 23.8 Å². The van der Waals surface area contributed by atoms with Gasteiger partial charge in [0, 0.05) is 19.0 Å². The molecule has 0 aliphatic heterocycles. The summed E-state index contributed by atoms with van der Waals surface area (Å²) in [6.07, 6.45) is 5.13. The third-order valence-corrected chi connectivity index (χ3v) is 4.93. The summed E-state index contributed by atoms with van der Waals surface area (Å²) in [7, 11) is -2.21. The van der Waals surface area contributed by atoms with Crippen LogP contribution in [0.1, 0.15) is 45.1 Å². The molecule has 2 rings (SSSR count). The van der Waals surface area contributed by atoms with Gasteiger partial charge in [0.25, 0.3) is 0 Å².